The van der Waals surface area contributed by atoms with Crippen molar-refractivity contribution in [1.29, 1.82) is 0 Å². The molecule has 1 amide bonds. The number of halogens is 6. The predicted molar refractivity (Wildman–Crippen MR) is 113 cm³/mol. The van der Waals surface area contributed by atoms with Crippen LogP contribution in [-0.4, -0.2) is 26.2 Å². The maximum absolute atomic E-state index is 13.1. The molecule has 2 aromatic rings. The molecule has 186 valence electrons. The molecule has 0 saturated heterocycles. The van der Waals surface area contributed by atoms with Crippen molar-refractivity contribution in [1.82, 2.24) is 10.8 Å². The van der Waals surface area contributed by atoms with Crippen molar-refractivity contribution in [3.8, 4) is 0 Å². The van der Waals surface area contributed by atoms with E-state index in [0.29, 0.717) is 22.8 Å². The minimum absolute atomic E-state index is 0.164. The first-order valence-corrected chi connectivity index (χ1v) is 10.0. The number of hydroxylamine groups is 1. The Bertz CT molecular complexity index is 1020. The summed E-state index contributed by atoms with van der Waals surface area (Å²) in [5.74, 6) is -0.458. The van der Waals surface area contributed by atoms with Gasteiger partial charge in [0.05, 0.1) is 43.6 Å². The second kappa shape index (κ2) is 11.4. The van der Waals surface area contributed by atoms with Crippen LogP contribution in [-0.2, 0) is 27.2 Å². The van der Waals surface area contributed by atoms with E-state index in [1.807, 2.05) is 0 Å². The van der Waals surface area contributed by atoms with Crippen LogP contribution in [0.4, 0.5) is 26.3 Å². The zero-order chi connectivity index (χ0) is 25.5. The molecular formula is C23H24F6N2O3. The number of hydrogen-bond acceptors (Lipinski definition) is 4. The quantitative estimate of drug-likeness (QED) is 0.212. The van der Waals surface area contributed by atoms with Gasteiger partial charge < -0.3 is 10.1 Å². The number of ether oxygens (including phenoxy) is 1. The highest BCUT2D eigenvalue weighted by molar-refractivity contribution is 6.19. The fourth-order valence-corrected chi connectivity index (χ4v) is 3.24. The summed E-state index contributed by atoms with van der Waals surface area (Å²) in [5.41, 5.74) is 2.70. The van der Waals surface area contributed by atoms with Crippen molar-refractivity contribution in [3.63, 3.8) is 0 Å². The first-order valence-electron chi connectivity index (χ1n) is 10.0. The molecule has 2 rings (SSSR count). The fourth-order valence-electron chi connectivity index (χ4n) is 3.24. The Labute approximate surface area is 192 Å². The van der Waals surface area contributed by atoms with E-state index in [1.165, 1.54) is 20.4 Å². The Morgan fingerprint density at radius 3 is 2.35 bits per heavy atom. The normalized spacial score (nSPS) is 13.5. The van der Waals surface area contributed by atoms with Gasteiger partial charge in [0, 0.05) is 7.05 Å². The third-order valence-corrected chi connectivity index (χ3v) is 4.90. The summed E-state index contributed by atoms with van der Waals surface area (Å²) in [6.45, 7) is 1.45. The van der Waals surface area contributed by atoms with Gasteiger partial charge >= 0.3 is 12.4 Å². The smallest absolute Gasteiger partial charge is 0.416 e. The lowest BCUT2D eigenvalue weighted by Gasteiger charge is -2.22. The number of aryl methyl sites for hydroxylation is 1. The number of benzene rings is 2. The molecule has 0 spiro atoms. The summed E-state index contributed by atoms with van der Waals surface area (Å²) in [4.78, 5) is 17.6. The Balaban J connectivity index is 2.32. The van der Waals surface area contributed by atoms with E-state index < -0.39 is 36.3 Å². The van der Waals surface area contributed by atoms with Crippen LogP contribution in [0.25, 0.3) is 5.57 Å². The largest absolute Gasteiger partial charge is 0.504 e. The number of likely N-dealkylation sites (N-methyl/N-ethyl adjacent to an activating group) is 1. The number of alkyl halides is 6. The van der Waals surface area contributed by atoms with Crippen LogP contribution in [0.3, 0.4) is 0 Å². The van der Waals surface area contributed by atoms with Crippen molar-refractivity contribution >= 4 is 11.5 Å². The molecule has 0 aliphatic carbocycles. The molecular weight excluding hydrogens is 466 g/mol. The highest BCUT2D eigenvalue weighted by Crippen LogP contribution is 2.34. The second-order valence-electron chi connectivity index (χ2n) is 7.35. The third-order valence-electron chi connectivity index (χ3n) is 4.90. The average molecular weight is 490 g/mol. The molecule has 2 N–H and O–H groups in total. The number of nitrogens with one attached hydrogen (secondary N) is 2. The maximum atomic E-state index is 13.1. The van der Waals surface area contributed by atoms with E-state index in [9.17, 15) is 31.1 Å². The summed E-state index contributed by atoms with van der Waals surface area (Å²) >= 11 is 0. The molecule has 5 nitrogen and oxygen atoms in total. The van der Waals surface area contributed by atoms with E-state index in [2.05, 4.69) is 10.8 Å². The molecule has 0 aliphatic rings. The molecule has 0 heterocycles. The van der Waals surface area contributed by atoms with Crippen molar-refractivity contribution in [3.05, 3.63) is 76.5 Å². The van der Waals surface area contributed by atoms with Crippen LogP contribution in [0, 0.1) is 6.92 Å². The van der Waals surface area contributed by atoms with Crippen LogP contribution in [0.1, 0.15) is 40.3 Å². The Kier molecular flexibility index (Phi) is 9.11. The summed E-state index contributed by atoms with van der Waals surface area (Å²) in [5, 5.41) is 2.47. The molecule has 34 heavy (non-hydrogen) atoms. The average Bonchev–Trinajstić information content (AvgIpc) is 2.76. The SMILES string of the molecule is CNC(=O)/C(=C/OC)c1cccc(C)c1CONC(CC(F)(F)F)c1cccc(C(F)(F)F)c1. The topological polar surface area (TPSA) is 59.6 Å². The van der Waals surface area contributed by atoms with Gasteiger partial charge in [-0.1, -0.05) is 30.3 Å². The Hall–Kier alpha value is -3.05. The maximum Gasteiger partial charge on any atom is 0.416 e. The van der Waals surface area contributed by atoms with Gasteiger partial charge in [-0.3, -0.25) is 9.63 Å². The third kappa shape index (κ3) is 7.49. The zero-order valence-corrected chi connectivity index (χ0v) is 18.6. The predicted octanol–water partition coefficient (Wildman–Crippen LogP) is 5.46. The van der Waals surface area contributed by atoms with Gasteiger partial charge in [0.1, 0.15) is 0 Å². The lowest BCUT2D eigenvalue weighted by molar-refractivity contribution is -0.150. The minimum Gasteiger partial charge on any atom is -0.504 e. The lowest BCUT2D eigenvalue weighted by Crippen LogP contribution is -2.27. The van der Waals surface area contributed by atoms with Gasteiger partial charge in [0.15, 0.2) is 0 Å². The standard InChI is InChI=1S/C23H24F6N2O3/c1-14-6-4-9-17(19(12-33-3)21(32)30-2)18(14)13-34-31-20(11-22(24,25)26)15-7-5-8-16(10-15)23(27,28)29/h4-10,12,20,31H,11,13H2,1-3H3,(H,30,32)/b19-12+. The molecule has 0 radical (unpaired) electrons. The van der Waals surface area contributed by atoms with Crippen molar-refractivity contribution in [2.75, 3.05) is 14.2 Å². The van der Waals surface area contributed by atoms with Crippen molar-refractivity contribution < 1.29 is 40.7 Å². The molecule has 0 bridgehead atoms. The fraction of sp³-hybridized carbons (Fsp3) is 0.348. The number of rotatable bonds is 9. The lowest BCUT2D eigenvalue weighted by atomic mass is 9.96. The molecule has 2 aromatic carbocycles. The van der Waals surface area contributed by atoms with E-state index >= 15 is 0 Å². The van der Waals surface area contributed by atoms with Gasteiger partial charge in [-0.2, -0.15) is 31.8 Å². The summed E-state index contributed by atoms with van der Waals surface area (Å²) in [6.07, 6.45) is -9.61. The Morgan fingerprint density at radius 2 is 1.76 bits per heavy atom. The van der Waals surface area contributed by atoms with Gasteiger partial charge in [0.25, 0.3) is 5.91 Å². The first-order chi connectivity index (χ1) is 15.9. The number of carbonyl (C=O) groups excluding carboxylic acids is 1. The molecule has 0 aromatic heterocycles. The zero-order valence-electron chi connectivity index (χ0n) is 18.6. The molecule has 0 saturated carbocycles. The summed E-state index contributed by atoms with van der Waals surface area (Å²) in [6, 6.07) is 7.04. The van der Waals surface area contributed by atoms with Crippen molar-refractivity contribution in [2.45, 2.75) is 38.3 Å². The van der Waals surface area contributed by atoms with Crippen molar-refractivity contribution in [2.24, 2.45) is 0 Å². The van der Waals surface area contributed by atoms with E-state index in [-0.39, 0.29) is 17.7 Å². The number of methoxy groups -OCH3 is 1. The number of carbonyl (C=O) groups is 1. The summed E-state index contributed by atoms with van der Waals surface area (Å²) < 4.78 is 83.5. The summed E-state index contributed by atoms with van der Waals surface area (Å²) in [7, 11) is 2.78. The van der Waals surface area contributed by atoms with Gasteiger partial charge in [-0.25, -0.2) is 0 Å². The van der Waals surface area contributed by atoms with E-state index in [0.717, 1.165) is 18.2 Å². The van der Waals surface area contributed by atoms with Gasteiger partial charge in [0.2, 0.25) is 0 Å². The van der Waals surface area contributed by atoms with E-state index in [1.54, 1.807) is 25.1 Å². The Morgan fingerprint density at radius 1 is 1.09 bits per heavy atom. The van der Waals surface area contributed by atoms with Crippen LogP contribution < -0.4 is 10.8 Å². The highest BCUT2D eigenvalue weighted by Gasteiger charge is 2.35. The van der Waals surface area contributed by atoms with Crippen LogP contribution >= 0.6 is 0 Å². The minimum atomic E-state index is -4.71. The molecule has 0 aliphatic heterocycles. The number of amides is 1. The number of hydrogen-bond donors (Lipinski definition) is 2. The molecule has 1 unspecified atom stereocenters. The molecule has 11 heteroatoms. The van der Waals surface area contributed by atoms with Crippen LogP contribution in [0.2, 0.25) is 0 Å². The molecule has 1 atom stereocenters. The highest BCUT2D eigenvalue weighted by atomic mass is 19.4. The van der Waals surface area contributed by atoms with E-state index in [4.69, 9.17) is 9.57 Å². The van der Waals surface area contributed by atoms with Gasteiger partial charge in [-0.05, 0) is 41.3 Å². The van der Waals surface area contributed by atoms with Gasteiger partial charge in [-0.15, -0.1) is 0 Å². The molecule has 0 fully saturated rings. The van der Waals surface area contributed by atoms with Crippen LogP contribution in [0.5, 0.6) is 0 Å². The second-order valence-corrected chi connectivity index (χ2v) is 7.35. The first kappa shape index (κ1) is 27.2. The monoisotopic (exact) mass is 490 g/mol. The van der Waals surface area contributed by atoms with Crippen LogP contribution in [0.15, 0.2) is 48.7 Å².